The van der Waals surface area contributed by atoms with Crippen LogP contribution in [0, 0.1) is 0 Å². The Labute approximate surface area is 177 Å². The van der Waals surface area contributed by atoms with Gasteiger partial charge in [0.05, 0.1) is 0 Å². The second kappa shape index (κ2) is 9.34. The fraction of sp³-hybridized carbons (Fsp3) is 0.130. The number of carbonyl (C=O) groups excluding carboxylic acids is 2. The van der Waals surface area contributed by atoms with Crippen LogP contribution in [0.4, 0.5) is 18.9 Å². The van der Waals surface area contributed by atoms with Crippen LogP contribution in [0.2, 0.25) is 0 Å². The summed E-state index contributed by atoms with van der Waals surface area (Å²) in [5.41, 5.74) is 1.57. The molecule has 5 nitrogen and oxygen atoms in total. The molecule has 0 saturated carbocycles. The van der Waals surface area contributed by atoms with Gasteiger partial charge in [0.2, 0.25) is 0 Å². The molecular formula is C23H19F3N2O3. The van der Waals surface area contributed by atoms with Crippen molar-refractivity contribution in [1.82, 2.24) is 4.90 Å². The first-order chi connectivity index (χ1) is 14.7. The lowest BCUT2D eigenvalue weighted by atomic mass is 10.1. The predicted molar refractivity (Wildman–Crippen MR) is 110 cm³/mol. The van der Waals surface area contributed by atoms with Crippen molar-refractivity contribution in [3.05, 3.63) is 95.6 Å². The summed E-state index contributed by atoms with van der Waals surface area (Å²) in [6, 6.07) is 20.6. The Kier molecular flexibility index (Phi) is 6.59. The van der Waals surface area contributed by atoms with Crippen molar-refractivity contribution in [1.29, 1.82) is 0 Å². The quantitative estimate of drug-likeness (QED) is 0.594. The van der Waals surface area contributed by atoms with Gasteiger partial charge in [0, 0.05) is 36.0 Å². The Hall–Kier alpha value is -3.81. The summed E-state index contributed by atoms with van der Waals surface area (Å²) in [6.07, 6.45) is -4.82. The molecule has 0 atom stereocenters. The van der Waals surface area contributed by atoms with Crippen LogP contribution in [-0.4, -0.2) is 30.1 Å². The highest BCUT2D eigenvalue weighted by Crippen LogP contribution is 2.27. The van der Waals surface area contributed by atoms with Crippen LogP contribution in [0.3, 0.4) is 0 Å². The van der Waals surface area contributed by atoms with Crippen LogP contribution in [0.5, 0.6) is 5.75 Å². The van der Waals surface area contributed by atoms with Gasteiger partial charge in [0.25, 0.3) is 11.8 Å². The van der Waals surface area contributed by atoms with Crippen molar-refractivity contribution in [2.75, 3.05) is 12.4 Å². The van der Waals surface area contributed by atoms with Gasteiger partial charge in [-0.3, -0.25) is 9.59 Å². The van der Waals surface area contributed by atoms with Crippen LogP contribution in [0.25, 0.3) is 0 Å². The Morgan fingerprint density at radius 3 is 2.13 bits per heavy atom. The number of ether oxygens (including phenoxy) is 1. The lowest BCUT2D eigenvalue weighted by Crippen LogP contribution is -2.27. The second-order valence-electron chi connectivity index (χ2n) is 6.71. The van der Waals surface area contributed by atoms with Crippen molar-refractivity contribution in [3.63, 3.8) is 0 Å². The number of para-hydroxylation sites is 1. The number of nitrogens with one attached hydrogen (secondary N) is 1. The SMILES string of the molecule is CN(Cc1ccccc1OC(F)(F)F)C(=O)c1ccc(NC(=O)c2ccccc2)cc1. The third kappa shape index (κ3) is 6.08. The highest BCUT2D eigenvalue weighted by Gasteiger charge is 2.32. The number of alkyl halides is 3. The number of benzene rings is 3. The number of hydrogen-bond acceptors (Lipinski definition) is 3. The van der Waals surface area contributed by atoms with Gasteiger partial charge in [-0.25, -0.2) is 0 Å². The van der Waals surface area contributed by atoms with Gasteiger partial charge in [0.1, 0.15) is 5.75 Å². The van der Waals surface area contributed by atoms with E-state index in [0.717, 1.165) is 0 Å². The van der Waals surface area contributed by atoms with Crippen LogP contribution in [0.1, 0.15) is 26.3 Å². The number of anilines is 1. The Morgan fingerprint density at radius 2 is 1.48 bits per heavy atom. The number of halogens is 3. The molecule has 2 amide bonds. The second-order valence-corrected chi connectivity index (χ2v) is 6.71. The number of nitrogens with zero attached hydrogens (tertiary/aromatic N) is 1. The molecule has 0 spiro atoms. The molecular weight excluding hydrogens is 409 g/mol. The van der Waals surface area contributed by atoms with E-state index in [4.69, 9.17) is 0 Å². The van der Waals surface area contributed by atoms with E-state index in [9.17, 15) is 22.8 Å². The molecule has 8 heteroatoms. The van der Waals surface area contributed by atoms with Crippen LogP contribution in [-0.2, 0) is 6.54 Å². The lowest BCUT2D eigenvalue weighted by Gasteiger charge is -2.20. The molecule has 31 heavy (non-hydrogen) atoms. The number of carbonyl (C=O) groups is 2. The maximum Gasteiger partial charge on any atom is 0.573 e. The van der Waals surface area contributed by atoms with Gasteiger partial charge in [-0.15, -0.1) is 13.2 Å². The summed E-state index contributed by atoms with van der Waals surface area (Å²) >= 11 is 0. The summed E-state index contributed by atoms with van der Waals surface area (Å²) in [5, 5.41) is 2.74. The average Bonchev–Trinajstić information content (AvgIpc) is 2.74. The Bertz CT molecular complexity index is 1050. The van der Waals surface area contributed by atoms with Gasteiger partial charge >= 0.3 is 6.36 Å². The molecule has 1 N–H and O–H groups in total. The first-order valence-electron chi connectivity index (χ1n) is 9.28. The molecule has 3 rings (SSSR count). The number of rotatable bonds is 6. The maximum absolute atomic E-state index is 12.7. The van der Waals surface area contributed by atoms with E-state index in [1.54, 1.807) is 48.5 Å². The molecule has 0 saturated heterocycles. The lowest BCUT2D eigenvalue weighted by molar-refractivity contribution is -0.275. The molecule has 3 aromatic carbocycles. The zero-order chi connectivity index (χ0) is 22.4. The fourth-order valence-electron chi connectivity index (χ4n) is 2.90. The van der Waals surface area contributed by atoms with Crippen molar-refractivity contribution in [3.8, 4) is 5.75 Å². The standard InChI is InChI=1S/C23H19F3N2O3/c1-28(15-18-9-5-6-10-20(18)31-23(24,25)26)22(30)17-11-13-19(14-12-17)27-21(29)16-7-3-2-4-8-16/h2-14H,15H2,1H3,(H,27,29). The van der Waals surface area contributed by atoms with E-state index in [1.807, 2.05) is 0 Å². The zero-order valence-corrected chi connectivity index (χ0v) is 16.5. The summed E-state index contributed by atoms with van der Waals surface area (Å²) < 4.78 is 41.8. The summed E-state index contributed by atoms with van der Waals surface area (Å²) in [4.78, 5) is 26.2. The molecule has 3 aromatic rings. The minimum atomic E-state index is -4.82. The average molecular weight is 428 g/mol. The van der Waals surface area contributed by atoms with E-state index in [0.29, 0.717) is 16.8 Å². The molecule has 0 unspecified atom stereocenters. The topological polar surface area (TPSA) is 58.6 Å². The Morgan fingerprint density at radius 1 is 0.871 bits per heavy atom. The molecule has 0 radical (unpaired) electrons. The largest absolute Gasteiger partial charge is 0.573 e. The van der Waals surface area contributed by atoms with Crippen molar-refractivity contribution < 1.29 is 27.5 Å². The molecule has 0 bridgehead atoms. The number of amides is 2. The van der Waals surface area contributed by atoms with Crippen molar-refractivity contribution in [2.24, 2.45) is 0 Å². The summed E-state index contributed by atoms with van der Waals surface area (Å²) in [7, 11) is 1.48. The smallest absolute Gasteiger partial charge is 0.405 e. The zero-order valence-electron chi connectivity index (χ0n) is 16.5. The molecule has 160 valence electrons. The van der Waals surface area contributed by atoms with Gasteiger partial charge in [0.15, 0.2) is 0 Å². The van der Waals surface area contributed by atoms with E-state index < -0.39 is 6.36 Å². The minimum absolute atomic E-state index is 0.0718. The van der Waals surface area contributed by atoms with Crippen LogP contribution < -0.4 is 10.1 Å². The molecule has 0 aliphatic heterocycles. The minimum Gasteiger partial charge on any atom is -0.405 e. The fourth-order valence-corrected chi connectivity index (χ4v) is 2.90. The maximum atomic E-state index is 12.7. The third-order valence-corrected chi connectivity index (χ3v) is 4.38. The molecule has 0 fully saturated rings. The first kappa shape index (κ1) is 21.9. The highest BCUT2D eigenvalue weighted by molar-refractivity contribution is 6.04. The van der Waals surface area contributed by atoms with Gasteiger partial charge < -0.3 is 15.0 Å². The number of hydrogen-bond donors (Lipinski definition) is 1. The predicted octanol–water partition coefficient (Wildman–Crippen LogP) is 5.11. The normalized spacial score (nSPS) is 11.0. The summed E-state index contributed by atoms with van der Waals surface area (Å²) in [6.45, 7) is -0.0718. The first-order valence-corrected chi connectivity index (χ1v) is 9.28. The highest BCUT2D eigenvalue weighted by atomic mass is 19.4. The molecule has 0 aromatic heterocycles. The monoisotopic (exact) mass is 428 g/mol. The van der Waals surface area contributed by atoms with Gasteiger partial charge in [-0.05, 0) is 42.5 Å². The molecule has 0 aliphatic carbocycles. The molecule has 0 aliphatic rings. The summed E-state index contributed by atoms with van der Waals surface area (Å²) in [5.74, 6) is -1.02. The Balaban J connectivity index is 1.66. The van der Waals surface area contributed by atoms with Crippen molar-refractivity contribution in [2.45, 2.75) is 12.9 Å². The van der Waals surface area contributed by atoms with E-state index in [2.05, 4.69) is 10.1 Å². The van der Waals surface area contributed by atoms with Crippen LogP contribution >= 0.6 is 0 Å². The van der Waals surface area contributed by atoms with E-state index >= 15 is 0 Å². The molecule has 0 heterocycles. The van der Waals surface area contributed by atoms with E-state index in [1.165, 1.54) is 42.3 Å². The van der Waals surface area contributed by atoms with Gasteiger partial charge in [-0.2, -0.15) is 0 Å². The van der Waals surface area contributed by atoms with E-state index in [-0.39, 0.29) is 29.7 Å². The third-order valence-electron chi connectivity index (χ3n) is 4.38. The van der Waals surface area contributed by atoms with Gasteiger partial charge in [-0.1, -0.05) is 36.4 Å². The van der Waals surface area contributed by atoms with Crippen molar-refractivity contribution >= 4 is 17.5 Å². The van der Waals surface area contributed by atoms with Crippen LogP contribution in [0.15, 0.2) is 78.9 Å².